The molecule has 0 spiro atoms. The van der Waals surface area contributed by atoms with Gasteiger partial charge >= 0.3 is 6.09 Å². The fourth-order valence-corrected chi connectivity index (χ4v) is 5.72. The van der Waals surface area contributed by atoms with Crippen LogP contribution in [0, 0.1) is 0 Å². The summed E-state index contributed by atoms with van der Waals surface area (Å²) in [5.74, 6) is -0.0240. The molecule has 1 fully saturated rings. The maximum atomic E-state index is 13.7. The number of alkyl carbamates (subject to hydrolysis) is 1. The second kappa shape index (κ2) is 8.44. The number of piperidine rings is 1. The predicted molar refractivity (Wildman–Crippen MR) is 144 cm³/mol. The van der Waals surface area contributed by atoms with Gasteiger partial charge in [0.1, 0.15) is 5.60 Å². The predicted octanol–water partition coefficient (Wildman–Crippen LogP) is 5.77. The number of nitrogens with zero attached hydrogens (tertiary/aromatic N) is 1. The van der Waals surface area contributed by atoms with Crippen molar-refractivity contribution in [3.05, 3.63) is 57.7 Å². The van der Waals surface area contributed by atoms with E-state index in [1.807, 2.05) is 45.0 Å². The average molecular weight is 509 g/mol. The molecule has 3 aromatic rings. The number of aromatic nitrogens is 1. The third-order valence-corrected chi connectivity index (χ3v) is 7.54. The molecule has 8 heteroatoms. The Hall–Kier alpha value is -3.19. The molecule has 0 bridgehead atoms. The number of fused-ring (bicyclic) bond motifs is 4. The Kier molecular flexibility index (Phi) is 5.75. The summed E-state index contributed by atoms with van der Waals surface area (Å²) in [5.41, 5.74) is 10.7. The molecule has 2 heterocycles. The van der Waals surface area contributed by atoms with Crippen molar-refractivity contribution >= 4 is 45.8 Å². The van der Waals surface area contributed by atoms with Crippen LogP contribution < -0.4 is 16.0 Å². The first-order valence-electron chi connectivity index (χ1n) is 12.4. The van der Waals surface area contributed by atoms with Crippen LogP contribution in [-0.4, -0.2) is 41.6 Å². The molecule has 1 amide bonds. The molecule has 1 aromatic heterocycles. The third-order valence-electron chi connectivity index (χ3n) is 7.24. The van der Waals surface area contributed by atoms with Gasteiger partial charge in [-0.25, -0.2) is 4.79 Å². The SMILES string of the molecule is CC(C)(C)OC(=O)NC1CCN(c2cc3c(cc2Cl)C(=O)c2c([nH]c4cc(N)ccc24)C3(C)C)CC1. The van der Waals surface area contributed by atoms with Crippen molar-refractivity contribution in [1.82, 2.24) is 10.3 Å². The summed E-state index contributed by atoms with van der Waals surface area (Å²) >= 11 is 6.78. The fourth-order valence-electron chi connectivity index (χ4n) is 5.44. The van der Waals surface area contributed by atoms with Gasteiger partial charge < -0.3 is 25.7 Å². The molecule has 5 rings (SSSR count). The largest absolute Gasteiger partial charge is 0.444 e. The lowest BCUT2D eigenvalue weighted by Gasteiger charge is -2.37. The maximum Gasteiger partial charge on any atom is 0.407 e. The second-order valence-corrected chi connectivity index (χ2v) is 11.8. The summed E-state index contributed by atoms with van der Waals surface area (Å²) in [4.78, 5) is 31.5. The Morgan fingerprint density at radius 2 is 1.89 bits per heavy atom. The van der Waals surface area contributed by atoms with Gasteiger partial charge in [0.05, 0.1) is 16.3 Å². The van der Waals surface area contributed by atoms with Crippen LogP contribution in [0.1, 0.15) is 74.6 Å². The standard InChI is InChI=1S/C28H33ClN4O3/c1-27(2,3)36-26(35)31-16-8-10-33(11-9-16)22-14-19-18(13-20(22)29)24(34)23-17-7-6-15(30)12-21(17)32-25(23)28(19,4)5/h6-7,12-14,16,32H,8-11,30H2,1-5H3,(H,31,35). The van der Waals surface area contributed by atoms with Crippen LogP contribution in [-0.2, 0) is 10.2 Å². The number of halogens is 1. The lowest BCUT2D eigenvalue weighted by molar-refractivity contribution is 0.0497. The highest BCUT2D eigenvalue weighted by atomic mass is 35.5. The van der Waals surface area contributed by atoms with Crippen molar-refractivity contribution in [2.45, 2.75) is 64.5 Å². The number of nitrogens with one attached hydrogen (secondary N) is 2. The summed E-state index contributed by atoms with van der Waals surface area (Å²) in [6, 6.07) is 9.54. The maximum absolute atomic E-state index is 13.7. The van der Waals surface area contributed by atoms with Gasteiger partial charge in [0.25, 0.3) is 0 Å². The number of aromatic amines is 1. The van der Waals surface area contributed by atoms with Crippen LogP contribution in [0.15, 0.2) is 30.3 Å². The fraction of sp³-hybridized carbons (Fsp3) is 0.429. The number of carbonyl (C=O) groups excluding carboxylic acids is 2. The summed E-state index contributed by atoms with van der Waals surface area (Å²) in [6.45, 7) is 11.3. The number of amides is 1. The Labute approximate surface area is 216 Å². The van der Waals surface area contributed by atoms with Crippen molar-refractivity contribution < 1.29 is 14.3 Å². The number of rotatable bonds is 2. The Morgan fingerprint density at radius 3 is 2.56 bits per heavy atom. The summed E-state index contributed by atoms with van der Waals surface area (Å²) in [5, 5.41) is 4.42. The molecule has 1 aliphatic heterocycles. The number of anilines is 2. The Bertz CT molecular complexity index is 1380. The van der Waals surface area contributed by atoms with Crippen LogP contribution in [0.3, 0.4) is 0 Å². The highest BCUT2D eigenvalue weighted by Crippen LogP contribution is 2.46. The van der Waals surface area contributed by atoms with Gasteiger partial charge in [-0.1, -0.05) is 31.5 Å². The second-order valence-electron chi connectivity index (χ2n) is 11.4. The van der Waals surface area contributed by atoms with E-state index in [9.17, 15) is 9.59 Å². The third kappa shape index (κ3) is 4.19. The number of ether oxygens (including phenoxy) is 1. The number of nitrogens with two attached hydrogens (primary N) is 1. The van der Waals surface area contributed by atoms with Crippen molar-refractivity contribution in [1.29, 1.82) is 0 Å². The average Bonchev–Trinajstić information content (AvgIpc) is 3.16. The molecule has 190 valence electrons. The van der Waals surface area contributed by atoms with Crippen LogP contribution in [0.25, 0.3) is 10.9 Å². The lowest BCUT2D eigenvalue weighted by Crippen LogP contribution is -2.46. The van der Waals surface area contributed by atoms with Crippen LogP contribution in [0.2, 0.25) is 5.02 Å². The van der Waals surface area contributed by atoms with Crippen molar-refractivity contribution in [2.75, 3.05) is 23.7 Å². The number of benzene rings is 2. The molecule has 0 unspecified atom stereocenters. The first kappa shape index (κ1) is 24.5. The topological polar surface area (TPSA) is 100 Å². The van der Waals surface area contributed by atoms with Gasteiger partial charge in [-0.2, -0.15) is 0 Å². The zero-order valence-electron chi connectivity index (χ0n) is 21.4. The van der Waals surface area contributed by atoms with E-state index in [-0.39, 0.29) is 17.9 Å². The van der Waals surface area contributed by atoms with E-state index in [2.05, 4.69) is 35.1 Å². The number of hydrogen-bond donors (Lipinski definition) is 3. The van der Waals surface area contributed by atoms with E-state index >= 15 is 0 Å². The van der Waals surface area contributed by atoms with Crippen LogP contribution in [0.4, 0.5) is 16.2 Å². The molecule has 1 aliphatic carbocycles. The Morgan fingerprint density at radius 1 is 1.19 bits per heavy atom. The van der Waals surface area contributed by atoms with E-state index in [1.165, 1.54) is 0 Å². The van der Waals surface area contributed by atoms with E-state index in [0.29, 0.717) is 21.8 Å². The van der Waals surface area contributed by atoms with Gasteiger partial charge in [0.15, 0.2) is 5.78 Å². The zero-order chi connectivity index (χ0) is 26.0. The van der Waals surface area contributed by atoms with Gasteiger partial charge in [-0.15, -0.1) is 0 Å². The number of ketones is 1. The van der Waals surface area contributed by atoms with Gasteiger partial charge in [0, 0.05) is 52.4 Å². The van der Waals surface area contributed by atoms with Gasteiger partial charge in [-0.05, 0) is 63.4 Å². The quantitative estimate of drug-likeness (QED) is 0.382. The smallest absolute Gasteiger partial charge is 0.407 e. The molecular formula is C28H33ClN4O3. The first-order chi connectivity index (χ1) is 16.8. The molecule has 0 radical (unpaired) electrons. The van der Waals surface area contributed by atoms with Crippen molar-refractivity contribution in [2.24, 2.45) is 0 Å². The highest BCUT2D eigenvalue weighted by molar-refractivity contribution is 6.34. The van der Waals surface area contributed by atoms with E-state index in [0.717, 1.165) is 53.8 Å². The highest BCUT2D eigenvalue weighted by Gasteiger charge is 2.40. The number of nitrogen functional groups attached to an aromatic ring is 1. The monoisotopic (exact) mass is 508 g/mol. The van der Waals surface area contributed by atoms with Gasteiger partial charge in [-0.3, -0.25) is 4.79 Å². The number of hydrogen-bond acceptors (Lipinski definition) is 5. The van der Waals surface area contributed by atoms with E-state index in [1.54, 1.807) is 0 Å². The summed E-state index contributed by atoms with van der Waals surface area (Å²) in [7, 11) is 0. The normalized spacial score (nSPS) is 17.6. The minimum absolute atomic E-state index is 0.0240. The van der Waals surface area contributed by atoms with E-state index in [4.69, 9.17) is 22.1 Å². The lowest BCUT2D eigenvalue weighted by atomic mass is 9.71. The van der Waals surface area contributed by atoms with Crippen molar-refractivity contribution in [3.63, 3.8) is 0 Å². The molecule has 7 nitrogen and oxygen atoms in total. The molecule has 36 heavy (non-hydrogen) atoms. The van der Waals surface area contributed by atoms with Crippen molar-refractivity contribution in [3.8, 4) is 0 Å². The van der Waals surface area contributed by atoms with Gasteiger partial charge in [0.2, 0.25) is 0 Å². The zero-order valence-corrected chi connectivity index (χ0v) is 22.2. The minimum Gasteiger partial charge on any atom is -0.444 e. The molecular weight excluding hydrogens is 476 g/mol. The Balaban J connectivity index is 1.42. The summed E-state index contributed by atoms with van der Waals surface area (Å²) in [6.07, 6.45) is 1.18. The minimum atomic E-state index is -0.525. The summed E-state index contributed by atoms with van der Waals surface area (Å²) < 4.78 is 5.40. The number of carbonyl (C=O) groups is 2. The molecule has 0 saturated carbocycles. The van der Waals surface area contributed by atoms with Crippen LogP contribution in [0.5, 0.6) is 0 Å². The molecule has 4 N–H and O–H groups in total. The molecule has 2 aliphatic rings. The molecule has 2 aromatic carbocycles. The first-order valence-corrected chi connectivity index (χ1v) is 12.8. The van der Waals surface area contributed by atoms with E-state index < -0.39 is 11.0 Å². The van der Waals surface area contributed by atoms with Crippen LogP contribution >= 0.6 is 11.6 Å². The molecule has 1 saturated heterocycles. The number of H-pyrrole nitrogens is 1. The molecule has 0 atom stereocenters.